The smallest absolute Gasteiger partial charge is 0.243 e. The SMILES string of the molecule is CC1CC2(CCC2)CN1S(=O)(=O)c1ccc2c(c1)CN(C(=O)Cc1ccccc1)CC2. The van der Waals surface area contributed by atoms with E-state index in [1.54, 1.807) is 10.4 Å². The molecule has 5 nitrogen and oxygen atoms in total. The summed E-state index contributed by atoms with van der Waals surface area (Å²) in [5.74, 6) is 0.0881. The van der Waals surface area contributed by atoms with E-state index in [-0.39, 0.29) is 17.4 Å². The van der Waals surface area contributed by atoms with Crippen molar-refractivity contribution in [1.82, 2.24) is 9.21 Å². The molecular weight excluding hydrogens is 408 g/mol. The second-order valence-corrected chi connectivity index (χ2v) is 11.5. The van der Waals surface area contributed by atoms with E-state index in [9.17, 15) is 13.2 Å². The van der Waals surface area contributed by atoms with E-state index in [2.05, 4.69) is 0 Å². The van der Waals surface area contributed by atoms with E-state index in [1.165, 1.54) is 6.42 Å². The van der Waals surface area contributed by atoms with Gasteiger partial charge in [-0.1, -0.05) is 42.8 Å². The molecule has 0 aromatic heterocycles. The Morgan fingerprint density at radius 3 is 2.55 bits per heavy atom. The normalized spacial score (nSPS) is 22.9. The highest BCUT2D eigenvalue weighted by molar-refractivity contribution is 7.89. The van der Waals surface area contributed by atoms with Crippen LogP contribution in [0.4, 0.5) is 0 Å². The van der Waals surface area contributed by atoms with E-state index in [0.29, 0.717) is 31.0 Å². The van der Waals surface area contributed by atoms with E-state index in [0.717, 1.165) is 42.4 Å². The third-order valence-electron chi connectivity index (χ3n) is 7.47. The lowest BCUT2D eigenvalue weighted by atomic mass is 9.68. The molecular formula is C25H30N2O3S. The molecule has 0 radical (unpaired) electrons. The molecule has 164 valence electrons. The molecule has 3 aliphatic rings. The number of sulfonamides is 1. The van der Waals surface area contributed by atoms with Crippen LogP contribution in [0.25, 0.3) is 0 Å². The van der Waals surface area contributed by atoms with Gasteiger partial charge in [-0.15, -0.1) is 0 Å². The van der Waals surface area contributed by atoms with Crippen molar-refractivity contribution in [2.75, 3.05) is 13.1 Å². The first-order chi connectivity index (χ1) is 14.9. The van der Waals surface area contributed by atoms with Crippen LogP contribution < -0.4 is 0 Å². The van der Waals surface area contributed by atoms with Crippen LogP contribution in [0.15, 0.2) is 53.4 Å². The van der Waals surface area contributed by atoms with Gasteiger partial charge in [-0.2, -0.15) is 4.31 Å². The molecule has 2 heterocycles. The molecule has 2 aromatic carbocycles. The summed E-state index contributed by atoms with van der Waals surface area (Å²) in [6.45, 7) is 3.84. The minimum Gasteiger partial charge on any atom is -0.338 e. The number of carbonyl (C=O) groups excluding carboxylic acids is 1. The Kier molecular flexibility index (Phi) is 5.18. The predicted molar refractivity (Wildman–Crippen MR) is 120 cm³/mol. The van der Waals surface area contributed by atoms with Crippen LogP contribution in [0.2, 0.25) is 0 Å². The van der Waals surface area contributed by atoms with Gasteiger partial charge in [0.15, 0.2) is 0 Å². The fourth-order valence-electron chi connectivity index (χ4n) is 5.56. The highest BCUT2D eigenvalue weighted by atomic mass is 32.2. The summed E-state index contributed by atoms with van der Waals surface area (Å²) in [5.41, 5.74) is 3.32. The quantitative estimate of drug-likeness (QED) is 0.730. The summed E-state index contributed by atoms with van der Waals surface area (Å²) in [6, 6.07) is 15.3. The molecule has 1 atom stereocenters. The fourth-order valence-corrected chi connectivity index (χ4v) is 7.36. The number of nitrogens with zero attached hydrogens (tertiary/aromatic N) is 2. The average Bonchev–Trinajstić information content (AvgIpc) is 3.13. The topological polar surface area (TPSA) is 57.7 Å². The molecule has 2 fully saturated rings. The number of benzene rings is 2. The van der Waals surface area contributed by atoms with Gasteiger partial charge in [0, 0.05) is 25.7 Å². The lowest BCUT2D eigenvalue weighted by Crippen LogP contribution is -2.38. The molecule has 2 aromatic rings. The third kappa shape index (κ3) is 3.80. The van der Waals surface area contributed by atoms with Crippen molar-refractivity contribution >= 4 is 15.9 Å². The largest absolute Gasteiger partial charge is 0.338 e. The van der Waals surface area contributed by atoms with Crippen molar-refractivity contribution in [2.45, 2.75) is 62.9 Å². The van der Waals surface area contributed by atoms with Gasteiger partial charge in [-0.25, -0.2) is 8.42 Å². The number of fused-ring (bicyclic) bond motifs is 1. The van der Waals surface area contributed by atoms with Gasteiger partial charge in [-0.3, -0.25) is 4.79 Å². The molecule has 1 spiro atoms. The molecule has 0 N–H and O–H groups in total. The van der Waals surface area contributed by atoms with Gasteiger partial charge in [0.25, 0.3) is 0 Å². The highest BCUT2D eigenvalue weighted by Crippen LogP contribution is 2.51. The first kappa shape index (κ1) is 20.7. The number of rotatable bonds is 4. The third-order valence-corrected chi connectivity index (χ3v) is 9.43. The standard InChI is InChI=1S/C25H30N2O3S/c1-19-16-25(11-5-12-25)18-27(19)31(29,30)23-9-8-21-10-13-26(17-22(21)15-23)24(28)14-20-6-3-2-4-7-20/h2-4,6-9,15,19H,5,10-14,16-18H2,1H3. The lowest BCUT2D eigenvalue weighted by Gasteiger charge is -2.38. The maximum atomic E-state index is 13.5. The second-order valence-electron chi connectivity index (χ2n) is 9.62. The van der Waals surface area contributed by atoms with Gasteiger partial charge in [-0.05, 0) is 66.8 Å². The van der Waals surface area contributed by atoms with Crippen LogP contribution in [0.5, 0.6) is 0 Å². The Hall–Kier alpha value is -2.18. The van der Waals surface area contributed by atoms with Crippen molar-refractivity contribution < 1.29 is 13.2 Å². The van der Waals surface area contributed by atoms with Crippen LogP contribution in [-0.2, 0) is 34.2 Å². The molecule has 31 heavy (non-hydrogen) atoms. The summed E-state index contributed by atoms with van der Waals surface area (Å²) in [7, 11) is -3.53. The lowest BCUT2D eigenvalue weighted by molar-refractivity contribution is -0.131. The number of amides is 1. The Morgan fingerprint density at radius 1 is 1.10 bits per heavy atom. The zero-order valence-corrected chi connectivity index (χ0v) is 18.9. The summed E-state index contributed by atoms with van der Waals surface area (Å²) < 4.78 is 28.6. The minimum absolute atomic E-state index is 0.0466. The predicted octanol–water partition coefficient (Wildman–Crippen LogP) is 3.77. The minimum atomic E-state index is -3.53. The number of hydrogen-bond acceptors (Lipinski definition) is 3. The Bertz CT molecular complexity index is 1090. The summed E-state index contributed by atoms with van der Waals surface area (Å²) in [4.78, 5) is 15.0. The molecule has 1 unspecified atom stereocenters. The first-order valence-corrected chi connectivity index (χ1v) is 12.8. The summed E-state index contributed by atoms with van der Waals surface area (Å²) in [5, 5.41) is 0. The Morgan fingerprint density at radius 2 is 1.87 bits per heavy atom. The fraction of sp³-hybridized carbons (Fsp3) is 0.480. The highest BCUT2D eigenvalue weighted by Gasteiger charge is 2.50. The zero-order chi connectivity index (χ0) is 21.6. The molecule has 1 aliphatic carbocycles. The van der Waals surface area contributed by atoms with Gasteiger partial charge in [0.05, 0.1) is 11.3 Å². The first-order valence-electron chi connectivity index (χ1n) is 11.3. The van der Waals surface area contributed by atoms with Crippen molar-refractivity contribution in [3.05, 3.63) is 65.2 Å². The van der Waals surface area contributed by atoms with Crippen LogP contribution in [-0.4, -0.2) is 42.7 Å². The number of hydrogen-bond donors (Lipinski definition) is 0. The van der Waals surface area contributed by atoms with E-state index >= 15 is 0 Å². The maximum absolute atomic E-state index is 13.5. The van der Waals surface area contributed by atoms with Crippen molar-refractivity contribution in [2.24, 2.45) is 5.41 Å². The van der Waals surface area contributed by atoms with Gasteiger partial charge >= 0.3 is 0 Å². The van der Waals surface area contributed by atoms with Gasteiger partial charge < -0.3 is 4.90 Å². The van der Waals surface area contributed by atoms with Crippen molar-refractivity contribution in [3.63, 3.8) is 0 Å². The van der Waals surface area contributed by atoms with Crippen LogP contribution >= 0.6 is 0 Å². The molecule has 5 rings (SSSR count). The average molecular weight is 439 g/mol. The Balaban J connectivity index is 1.34. The summed E-state index contributed by atoms with van der Waals surface area (Å²) >= 11 is 0. The van der Waals surface area contributed by atoms with E-state index < -0.39 is 10.0 Å². The zero-order valence-electron chi connectivity index (χ0n) is 18.1. The molecule has 6 heteroatoms. The summed E-state index contributed by atoms with van der Waals surface area (Å²) in [6.07, 6.45) is 5.62. The van der Waals surface area contributed by atoms with Crippen LogP contribution in [0.3, 0.4) is 0 Å². The van der Waals surface area contributed by atoms with Gasteiger partial charge in [0.1, 0.15) is 0 Å². The second kappa shape index (κ2) is 7.75. The molecule has 1 saturated carbocycles. The molecule has 2 aliphatic heterocycles. The molecule has 1 saturated heterocycles. The van der Waals surface area contributed by atoms with Crippen LogP contribution in [0.1, 0.15) is 49.3 Å². The van der Waals surface area contributed by atoms with E-state index in [1.807, 2.05) is 54.3 Å². The monoisotopic (exact) mass is 438 g/mol. The van der Waals surface area contributed by atoms with Gasteiger partial charge in [0.2, 0.25) is 15.9 Å². The van der Waals surface area contributed by atoms with Crippen LogP contribution in [0, 0.1) is 5.41 Å². The van der Waals surface area contributed by atoms with Crippen molar-refractivity contribution in [3.8, 4) is 0 Å². The Labute approximate surface area is 185 Å². The molecule has 1 amide bonds. The molecule has 0 bridgehead atoms. The number of carbonyl (C=O) groups is 1. The van der Waals surface area contributed by atoms with Crippen molar-refractivity contribution in [1.29, 1.82) is 0 Å². The maximum Gasteiger partial charge on any atom is 0.243 e. The van der Waals surface area contributed by atoms with E-state index in [4.69, 9.17) is 0 Å².